The number of carbonyl (C=O) groups excluding carboxylic acids is 1. The number of piperidine rings is 1. The van der Waals surface area contributed by atoms with E-state index < -0.39 is 0 Å². The minimum absolute atomic E-state index is 0. The number of hydrogen-bond acceptors (Lipinski definition) is 4. The molecule has 0 atom stereocenters. The fourth-order valence-electron chi connectivity index (χ4n) is 4.01. The van der Waals surface area contributed by atoms with Crippen molar-refractivity contribution in [2.75, 3.05) is 39.4 Å². The average molecular weight is 387 g/mol. The van der Waals surface area contributed by atoms with Gasteiger partial charge in [-0.1, -0.05) is 11.6 Å². The van der Waals surface area contributed by atoms with Crippen LogP contribution in [0.15, 0.2) is 12.1 Å². The summed E-state index contributed by atoms with van der Waals surface area (Å²) in [4.78, 5) is 14.6. The molecule has 2 saturated heterocycles. The molecule has 0 aromatic heterocycles. The predicted molar refractivity (Wildman–Crippen MR) is 99.1 cm³/mol. The van der Waals surface area contributed by atoms with Gasteiger partial charge >= 0.3 is 0 Å². The summed E-state index contributed by atoms with van der Waals surface area (Å²) >= 11 is 6.26. The number of carbonyl (C=O) groups is 1. The molecule has 1 amide bonds. The summed E-state index contributed by atoms with van der Waals surface area (Å²) in [5, 5.41) is 3.98. The van der Waals surface area contributed by atoms with Crippen LogP contribution in [-0.4, -0.2) is 50.2 Å². The maximum Gasteiger partial charge on any atom is 0.226 e. The molecule has 1 N–H and O–H groups in total. The molecule has 4 rings (SSSR count). The second-order valence-corrected chi connectivity index (χ2v) is 7.49. The Morgan fingerprint density at radius 1 is 1.20 bits per heavy atom. The highest BCUT2D eigenvalue weighted by atomic mass is 35.5. The summed E-state index contributed by atoms with van der Waals surface area (Å²) in [5.41, 5.74) is 1.31. The molecule has 3 aliphatic heterocycles. The number of likely N-dealkylation sites (tertiary alicyclic amines) is 1. The average Bonchev–Trinajstić information content (AvgIpc) is 3.03. The highest BCUT2D eigenvalue weighted by molar-refractivity contribution is 6.32. The molecule has 1 spiro atoms. The first kappa shape index (κ1) is 18.6. The molecule has 0 radical (unpaired) electrons. The zero-order valence-electron chi connectivity index (χ0n) is 14.2. The predicted octanol–water partition coefficient (Wildman–Crippen LogP) is 2.68. The molecule has 1 aromatic rings. The second kappa shape index (κ2) is 7.60. The number of rotatable bonds is 2. The van der Waals surface area contributed by atoms with E-state index in [9.17, 15) is 4.79 Å². The number of nitrogens with zero attached hydrogens (tertiary/aromatic N) is 1. The third-order valence-electron chi connectivity index (χ3n) is 5.52. The Balaban J connectivity index is 0.00000182. The topological polar surface area (TPSA) is 50.8 Å². The number of amides is 1. The van der Waals surface area contributed by atoms with Crippen LogP contribution in [0.4, 0.5) is 0 Å². The van der Waals surface area contributed by atoms with E-state index in [1.54, 1.807) is 0 Å². The third-order valence-corrected chi connectivity index (χ3v) is 5.80. The van der Waals surface area contributed by atoms with Crippen LogP contribution in [0.2, 0.25) is 5.02 Å². The van der Waals surface area contributed by atoms with Crippen molar-refractivity contribution < 1.29 is 14.3 Å². The van der Waals surface area contributed by atoms with Crippen molar-refractivity contribution in [3.63, 3.8) is 0 Å². The summed E-state index contributed by atoms with van der Waals surface area (Å²) in [6.07, 6.45) is 3.82. The van der Waals surface area contributed by atoms with Gasteiger partial charge in [0.15, 0.2) is 11.5 Å². The Hall–Kier alpha value is -1.17. The number of benzene rings is 1. The highest BCUT2D eigenvalue weighted by Crippen LogP contribution is 2.39. The molecule has 3 heterocycles. The van der Waals surface area contributed by atoms with Crippen molar-refractivity contribution >= 4 is 29.9 Å². The van der Waals surface area contributed by atoms with Crippen LogP contribution < -0.4 is 14.8 Å². The highest BCUT2D eigenvalue weighted by Gasteiger charge is 2.38. The van der Waals surface area contributed by atoms with E-state index in [4.69, 9.17) is 21.1 Å². The zero-order valence-corrected chi connectivity index (χ0v) is 15.8. The normalized spacial score (nSPS) is 21.1. The number of nitrogens with one attached hydrogen (secondary N) is 1. The maximum atomic E-state index is 12.6. The Labute approximate surface area is 159 Å². The van der Waals surface area contributed by atoms with Gasteiger partial charge in [-0.15, -0.1) is 12.4 Å². The summed E-state index contributed by atoms with van der Waals surface area (Å²) in [6, 6.07) is 3.70. The SMILES string of the molecule is Cl.O=C(Cc1cc(Cl)c2c(c1)OCCO2)N1CCC2(CCNC2)CC1. The van der Waals surface area contributed by atoms with E-state index in [0.717, 1.165) is 44.6 Å². The fourth-order valence-corrected chi connectivity index (χ4v) is 4.29. The summed E-state index contributed by atoms with van der Waals surface area (Å²) in [7, 11) is 0. The van der Waals surface area contributed by atoms with Crippen molar-refractivity contribution in [3.8, 4) is 11.5 Å². The standard InChI is InChI=1S/C18H23ClN2O3.ClH/c19-14-9-13(10-15-17(14)24-8-7-23-15)11-16(22)21-5-2-18(3-6-21)1-4-20-12-18;/h9-10,20H,1-8,11-12H2;1H. The van der Waals surface area contributed by atoms with Crippen molar-refractivity contribution in [2.45, 2.75) is 25.7 Å². The Bertz CT molecular complexity index is 637. The maximum absolute atomic E-state index is 12.6. The molecule has 0 saturated carbocycles. The first-order chi connectivity index (χ1) is 11.7. The molecule has 3 aliphatic rings. The van der Waals surface area contributed by atoms with Crippen LogP contribution in [0, 0.1) is 5.41 Å². The van der Waals surface area contributed by atoms with Gasteiger partial charge in [-0.25, -0.2) is 0 Å². The van der Waals surface area contributed by atoms with Gasteiger partial charge in [0.1, 0.15) is 13.2 Å². The van der Waals surface area contributed by atoms with Gasteiger partial charge in [0.25, 0.3) is 0 Å². The van der Waals surface area contributed by atoms with E-state index in [2.05, 4.69) is 5.32 Å². The van der Waals surface area contributed by atoms with Crippen LogP contribution in [0.25, 0.3) is 0 Å². The van der Waals surface area contributed by atoms with Gasteiger partial charge in [0, 0.05) is 19.6 Å². The smallest absolute Gasteiger partial charge is 0.226 e. The van der Waals surface area contributed by atoms with Crippen LogP contribution in [0.3, 0.4) is 0 Å². The number of ether oxygens (including phenoxy) is 2. The molecule has 0 bridgehead atoms. The lowest BCUT2D eigenvalue weighted by Crippen LogP contribution is -2.44. The summed E-state index contributed by atoms with van der Waals surface area (Å²) in [6.45, 7) is 4.96. The van der Waals surface area contributed by atoms with E-state index in [1.807, 2.05) is 17.0 Å². The molecule has 0 unspecified atom stereocenters. The Morgan fingerprint density at radius 3 is 2.68 bits per heavy atom. The first-order valence-electron chi connectivity index (χ1n) is 8.72. The molecular weight excluding hydrogens is 363 g/mol. The number of hydrogen-bond donors (Lipinski definition) is 1. The fraction of sp³-hybridized carbons (Fsp3) is 0.611. The van der Waals surface area contributed by atoms with E-state index >= 15 is 0 Å². The zero-order chi connectivity index (χ0) is 16.6. The second-order valence-electron chi connectivity index (χ2n) is 7.09. The summed E-state index contributed by atoms with van der Waals surface area (Å²) in [5.74, 6) is 1.41. The van der Waals surface area contributed by atoms with Gasteiger partial charge in [0.2, 0.25) is 5.91 Å². The van der Waals surface area contributed by atoms with Crippen LogP contribution in [0.5, 0.6) is 11.5 Å². The van der Waals surface area contributed by atoms with Gasteiger partial charge < -0.3 is 19.7 Å². The number of fused-ring (bicyclic) bond motifs is 1. The van der Waals surface area contributed by atoms with E-state index in [1.165, 1.54) is 6.42 Å². The van der Waals surface area contributed by atoms with E-state index in [0.29, 0.717) is 41.6 Å². The molecule has 25 heavy (non-hydrogen) atoms. The van der Waals surface area contributed by atoms with Gasteiger partial charge in [-0.3, -0.25) is 4.79 Å². The molecular formula is C18H24Cl2N2O3. The van der Waals surface area contributed by atoms with Gasteiger partial charge in [-0.05, 0) is 48.9 Å². The molecule has 2 fully saturated rings. The van der Waals surface area contributed by atoms with Crippen LogP contribution in [-0.2, 0) is 11.2 Å². The largest absolute Gasteiger partial charge is 0.486 e. The molecule has 0 aliphatic carbocycles. The quantitative estimate of drug-likeness (QED) is 0.848. The third kappa shape index (κ3) is 3.83. The van der Waals surface area contributed by atoms with Crippen LogP contribution >= 0.6 is 24.0 Å². The van der Waals surface area contributed by atoms with Crippen molar-refractivity contribution in [1.29, 1.82) is 0 Å². The van der Waals surface area contributed by atoms with E-state index in [-0.39, 0.29) is 18.3 Å². The molecule has 5 nitrogen and oxygen atoms in total. The molecule has 138 valence electrons. The molecule has 7 heteroatoms. The first-order valence-corrected chi connectivity index (χ1v) is 9.10. The minimum Gasteiger partial charge on any atom is -0.486 e. The lowest BCUT2D eigenvalue weighted by molar-refractivity contribution is -0.132. The van der Waals surface area contributed by atoms with Crippen molar-refractivity contribution in [3.05, 3.63) is 22.7 Å². The summed E-state index contributed by atoms with van der Waals surface area (Å²) < 4.78 is 11.1. The van der Waals surface area contributed by atoms with Gasteiger partial charge in [0.05, 0.1) is 11.4 Å². The minimum atomic E-state index is 0. The van der Waals surface area contributed by atoms with Crippen molar-refractivity contribution in [1.82, 2.24) is 10.2 Å². The Kier molecular flexibility index (Phi) is 5.66. The molecule has 1 aromatic carbocycles. The van der Waals surface area contributed by atoms with Crippen LogP contribution in [0.1, 0.15) is 24.8 Å². The van der Waals surface area contributed by atoms with Crippen molar-refractivity contribution in [2.24, 2.45) is 5.41 Å². The van der Waals surface area contributed by atoms with Gasteiger partial charge in [-0.2, -0.15) is 0 Å². The number of halogens is 2. The lowest BCUT2D eigenvalue weighted by atomic mass is 9.78. The lowest BCUT2D eigenvalue weighted by Gasteiger charge is -2.39. The monoisotopic (exact) mass is 386 g/mol. The Morgan fingerprint density at radius 2 is 1.96 bits per heavy atom.